The molecule has 3 nitrogen and oxygen atoms in total. The van der Waals surface area contributed by atoms with E-state index < -0.39 is 0 Å². The second-order valence-corrected chi connectivity index (χ2v) is 6.78. The van der Waals surface area contributed by atoms with E-state index in [4.69, 9.17) is 5.26 Å². The van der Waals surface area contributed by atoms with Crippen molar-refractivity contribution in [3.05, 3.63) is 101 Å². The minimum atomic E-state index is -0.0724. The molecule has 0 saturated carbocycles. The molecular formula is C22H18N2OS. The van der Waals surface area contributed by atoms with Crippen molar-refractivity contribution in [3.63, 3.8) is 0 Å². The molecule has 3 rings (SSSR count). The highest BCUT2D eigenvalue weighted by molar-refractivity contribution is 7.98. The lowest BCUT2D eigenvalue weighted by Crippen LogP contribution is -2.23. The van der Waals surface area contributed by atoms with Crippen molar-refractivity contribution in [2.45, 2.75) is 17.2 Å². The summed E-state index contributed by atoms with van der Waals surface area (Å²) in [6.07, 6.45) is 0. The summed E-state index contributed by atoms with van der Waals surface area (Å²) in [6.45, 7) is 0.508. The van der Waals surface area contributed by atoms with E-state index in [0.29, 0.717) is 17.7 Å². The molecule has 3 aromatic rings. The van der Waals surface area contributed by atoms with Gasteiger partial charge < -0.3 is 5.32 Å². The van der Waals surface area contributed by atoms with E-state index in [1.54, 1.807) is 11.8 Å². The highest BCUT2D eigenvalue weighted by atomic mass is 32.2. The Labute approximate surface area is 157 Å². The Morgan fingerprint density at radius 3 is 2.31 bits per heavy atom. The van der Waals surface area contributed by atoms with Gasteiger partial charge in [0.1, 0.15) is 0 Å². The molecule has 0 aliphatic heterocycles. The number of rotatable bonds is 6. The van der Waals surface area contributed by atoms with Crippen LogP contribution in [0.25, 0.3) is 0 Å². The first-order valence-corrected chi connectivity index (χ1v) is 9.28. The lowest BCUT2D eigenvalue weighted by atomic mass is 10.2. The van der Waals surface area contributed by atoms with Crippen LogP contribution in [0.1, 0.15) is 27.0 Å². The van der Waals surface area contributed by atoms with Crippen LogP contribution >= 0.6 is 11.8 Å². The normalized spacial score (nSPS) is 10.1. The quantitative estimate of drug-likeness (QED) is 0.645. The molecular weight excluding hydrogens is 340 g/mol. The van der Waals surface area contributed by atoms with Crippen LogP contribution in [-0.2, 0) is 12.3 Å². The molecule has 0 heterocycles. The third-order valence-corrected chi connectivity index (χ3v) is 5.05. The second-order valence-electron chi connectivity index (χ2n) is 5.76. The van der Waals surface area contributed by atoms with Gasteiger partial charge in [0.25, 0.3) is 5.91 Å². The summed E-state index contributed by atoms with van der Waals surface area (Å²) in [5.74, 6) is 0.672. The van der Waals surface area contributed by atoms with Crippen LogP contribution in [0.3, 0.4) is 0 Å². The van der Waals surface area contributed by atoms with Gasteiger partial charge >= 0.3 is 0 Å². The summed E-state index contributed by atoms with van der Waals surface area (Å²) >= 11 is 1.62. The fourth-order valence-electron chi connectivity index (χ4n) is 2.49. The Balaban J connectivity index is 1.65. The van der Waals surface area contributed by atoms with Crippen molar-refractivity contribution in [1.82, 2.24) is 5.32 Å². The molecule has 0 saturated heterocycles. The minimum Gasteiger partial charge on any atom is -0.348 e. The van der Waals surface area contributed by atoms with Gasteiger partial charge in [0.2, 0.25) is 0 Å². The Morgan fingerprint density at radius 2 is 1.58 bits per heavy atom. The molecule has 0 bridgehead atoms. The molecule has 26 heavy (non-hydrogen) atoms. The van der Waals surface area contributed by atoms with E-state index in [1.807, 2.05) is 78.9 Å². The van der Waals surface area contributed by atoms with Crippen molar-refractivity contribution < 1.29 is 4.79 Å². The van der Waals surface area contributed by atoms with Crippen molar-refractivity contribution in [1.29, 1.82) is 5.26 Å². The molecule has 0 aromatic heterocycles. The number of thioether (sulfide) groups is 1. The topological polar surface area (TPSA) is 52.9 Å². The zero-order chi connectivity index (χ0) is 18.2. The molecule has 0 spiro atoms. The Kier molecular flexibility index (Phi) is 6.08. The highest BCUT2D eigenvalue weighted by Crippen LogP contribution is 2.26. The zero-order valence-corrected chi connectivity index (χ0v) is 15.0. The average molecular weight is 358 g/mol. The average Bonchev–Trinajstić information content (AvgIpc) is 2.72. The number of hydrogen-bond donors (Lipinski definition) is 1. The summed E-state index contributed by atoms with van der Waals surface area (Å²) in [6, 6.07) is 27.1. The summed E-state index contributed by atoms with van der Waals surface area (Å²) in [5.41, 5.74) is 3.53. The molecule has 128 valence electrons. The predicted octanol–water partition coefficient (Wildman–Crippen LogP) is 4.78. The lowest BCUT2D eigenvalue weighted by Gasteiger charge is -2.10. The van der Waals surface area contributed by atoms with Gasteiger partial charge in [-0.1, -0.05) is 54.6 Å². The van der Waals surface area contributed by atoms with E-state index in [9.17, 15) is 4.79 Å². The molecule has 1 amide bonds. The molecule has 1 N–H and O–H groups in total. The van der Waals surface area contributed by atoms with Crippen LogP contribution in [0.15, 0.2) is 83.8 Å². The van der Waals surface area contributed by atoms with E-state index in [0.717, 1.165) is 21.8 Å². The van der Waals surface area contributed by atoms with Crippen LogP contribution in [0.2, 0.25) is 0 Å². The number of carbonyl (C=O) groups excluding carboxylic acids is 1. The summed E-state index contributed by atoms with van der Waals surface area (Å²) in [5, 5.41) is 11.8. The maximum Gasteiger partial charge on any atom is 0.252 e. The fourth-order valence-corrected chi connectivity index (χ4v) is 3.50. The van der Waals surface area contributed by atoms with Crippen molar-refractivity contribution in [2.24, 2.45) is 0 Å². The third-order valence-electron chi connectivity index (χ3n) is 3.90. The maximum atomic E-state index is 12.6. The number of nitrogens with zero attached hydrogens (tertiary/aromatic N) is 1. The van der Waals surface area contributed by atoms with Crippen LogP contribution < -0.4 is 5.32 Å². The SMILES string of the molecule is N#Cc1ccc(CSc2ccccc2C(=O)NCc2ccccc2)cc1. The third kappa shape index (κ3) is 4.75. The predicted molar refractivity (Wildman–Crippen MR) is 105 cm³/mol. The van der Waals surface area contributed by atoms with E-state index in [-0.39, 0.29) is 5.91 Å². The smallest absolute Gasteiger partial charge is 0.252 e. The molecule has 0 aliphatic carbocycles. The van der Waals surface area contributed by atoms with Crippen molar-refractivity contribution in [2.75, 3.05) is 0 Å². The number of hydrogen-bond acceptors (Lipinski definition) is 3. The number of nitrogens with one attached hydrogen (secondary N) is 1. The van der Waals surface area contributed by atoms with Gasteiger partial charge in [-0.15, -0.1) is 11.8 Å². The van der Waals surface area contributed by atoms with Gasteiger partial charge in [-0.2, -0.15) is 5.26 Å². The van der Waals surface area contributed by atoms with Gasteiger partial charge in [-0.05, 0) is 35.4 Å². The second kappa shape index (κ2) is 8.89. The first-order chi connectivity index (χ1) is 12.8. The molecule has 0 radical (unpaired) electrons. The molecule has 4 heteroatoms. The molecule has 3 aromatic carbocycles. The van der Waals surface area contributed by atoms with Crippen molar-refractivity contribution in [3.8, 4) is 6.07 Å². The van der Waals surface area contributed by atoms with Crippen LogP contribution in [0.4, 0.5) is 0 Å². The lowest BCUT2D eigenvalue weighted by molar-refractivity contribution is 0.0948. The number of carbonyl (C=O) groups is 1. The number of benzene rings is 3. The van der Waals surface area contributed by atoms with Crippen LogP contribution in [-0.4, -0.2) is 5.91 Å². The Hall–Kier alpha value is -3.03. The number of amides is 1. The van der Waals surface area contributed by atoms with Gasteiger partial charge in [0.05, 0.1) is 17.2 Å². The van der Waals surface area contributed by atoms with Gasteiger partial charge in [-0.25, -0.2) is 0 Å². The fraction of sp³-hybridized carbons (Fsp3) is 0.0909. The highest BCUT2D eigenvalue weighted by Gasteiger charge is 2.11. The van der Waals surface area contributed by atoms with Gasteiger partial charge in [0.15, 0.2) is 0 Å². The van der Waals surface area contributed by atoms with E-state index in [1.165, 1.54) is 0 Å². The Bertz CT molecular complexity index is 915. The first-order valence-electron chi connectivity index (χ1n) is 8.29. The van der Waals surface area contributed by atoms with E-state index >= 15 is 0 Å². The molecule has 0 fully saturated rings. The van der Waals surface area contributed by atoms with Crippen LogP contribution in [0.5, 0.6) is 0 Å². The van der Waals surface area contributed by atoms with Gasteiger partial charge in [0, 0.05) is 17.2 Å². The maximum absolute atomic E-state index is 12.6. The summed E-state index contributed by atoms with van der Waals surface area (Å²) < 4.78 is 0. The minimum absolute atomic E-state index is 0.0724. The Morgan fingerprint density at radius 1 is 0.885 bits per heavy atom. The van der Waals surface area contributed by atoms with Crippen molar-refractivity contribution >= 4 is 17.7 Å². The number of nitriles is 1. The monoisotopic (exact) mass is 358 g/mol. The summed E-state index contributed by atoms with van der Waals surface area (Å²) in [4.78, 5) is 13.5. The molecule has 0 aliphatic rings. The molecule has 0 unspecified atom stereocenters. The largest absolute Gasteiger partial charge is 0.348 e. The standard InChI is InChI=1S/C22H18N2OS/c23-14-17-10-12-19(13-11-17)16-26-21-9-5-4-8-20(21)22(25)24-15-18-6-2-1-3-7-18/h1-13H,15-16H2,(H,24,25). The molecule has 0 atom stereocenters. The van der Waals surface area contributed by atoms with Crippen LogP contribution in [0, 0.1) is 11.3 Å². The zero-order valence-electron chi connectivity index (χ0n) is 14.2. The first kappa shape index (κ1) is 17.8. The van der Waals surface area contributed by atoms with Gasteiger partial charge in [-0.3, -0.25) is 4.79 Å². The summed E-state index contributed by atoms with van der Waals surface area (Å²) in [7, 11) is 0. The van der Waals surface area contributed by atoms with E-state index in [2.05, 4.69) is 11.4 Å².